The van der Waals surface area contributed by atoms with Crippen molar-refractivity contribution < 1.29 is 32.9 Å². The zero-order chi connectivity index (χ0) is 51.4. The summed E-state index contributed by atoms with van der Waals surface area (Å²) in [6.07, 6.45) is 4.91. The van der Waals surface area contributed by atoms with Gasteiger partial charge in [-0.05, 0) is 73.9 Å². The van der Waals surface area contributed by atoms with Crippen LogP contribution in [0.15, 0.2) is 72.5 Å². The summed E-state index contributed by atoms with van der Waals surface area (Å²) in [6, 6.07) is 16.6. The van der Waals surface area contributed by atoms with Crippen LogP contribution in [-0.2, 0) is 27.5 Å². The van der Waals surface area contributed by atoms with E-state index in [1.54, 1.807) is 36.5 Å². The number of rotatable bonds is 16. The molecule has 3 saturated heterocycles. The molecule has 7 N–H and O–H groups in total. The minimum Gasteiger partial charge on any atom is -0.489 e. The molecule has 18 nitrogen and oxygen atoms in total. The lowest BCUT2D eigenvalue weighted by Crippen LogP contribution is -2.53. The number of nitrogens with two attached hydrogens (primary N) is 2. The number of likely N-dealkylation sites (tertiary alicyclic amines) is 1. The van der Waals surface area contributed by atoms with Crippen LogP contribution in [0.2, 0.25) is 5.02 Å². The second-order valence-corrected chi connectivity index (χ2v) is 20.6. The number of nitrogens with zero attached hydrogens (tertiary/aromatic N) is 7. The number of ether oxygens (including phenoxy) is 4. The van der Waals surface area contributed by atoms with E-state index < -0.39 is 18.0 Å². The maximum absolute atomic E-state index is 15.9. The van der Waals surface area contributed by atoms with E-state index in [-0.39, 0.29) is 59.9 Å². The molecule has 384 valence electrons. The van der Waals surface area contributed by atoms with Gasteiger partial charge in [-0.1, -0.05) is 60.1 Å². The summed E-state index contributed by atoms with van der Waals surface area (Å²) in [5.41, 5.74) is 15.2. The van der Waals surface area contributed by atoms with Gasteiger partial charge in [0.15, 0.2) is 11.5 Å². The molecule has 5 atom stereocenters. The average molecular weight is 1040 g/mol. The van der Waals surface area contributed by atoms with Crippen molar-refractivity contribution in [1.29, 1.82) is 0 Å². The number of aryl methyl sites for hydroxylation is 1. The summed E-state index contributed by atoms with van der Waals surface area (Å²) >= 11 is 9.15. The van der Waals surface area contributed by atoms with Gasteiger partial charge in [0.1, 0.15) is 49.1 Å². The fourth-order valence-corrected chi connectivity index (χ4v) is 12.0. The lowest BCUT2D eigenvalue weighted by Gasteiger charge is -2.35. The fraction of sp³-hybridized carbons (Fsp3) is 0.358. The normalized spacial score (nSPS) is 19.4. The number of methoxy groups -OCH3 is 1. The second-order valence-electron chi connectivity index (χ2n) is 19.3. The van der Waals surface area contributed by atoms with Gasteiger partial charge in [0.2, 0.25) is 11.8 Å². The van der Waals surface area contributed by atoms with E-state index in [1.165, 1.54) is 17.3 Å². The molecule has 74 heavy (non-hydrogen) atoms. The van der Waals surface area contributed by atoms with Crippen LogP contribution in [0.3, 0.4) is 0 Å². The van der Waals surface area contributed by atoms with Gasteiger partial charge in [0.25, 0.3) is 0 Å². The molecule has 2 bridgehead atoms. The number of fused-ring (bicyclic) bond motifs is 7. The van der Waals surface area contributed by atoms with Crippen LogP contribution in [0, 0.1) is 19.7 Å². The molecule has 4 aromatic carbocycles. The molecular weight excluding hydrogens is 987 g/mol. The summed E-state index contributed by atoms with van der Waals surface area (Å²) in [6.45, 7) is 7.57. The molecule has 0 aliphatic carbocycles. The van der Waals surface area contributed by atoms with Crippen molar-refractivity contribution in [1.82, 2.24) is 45.7 Å². The predicted octanol–water partition coefficient (Wildman–Crippen LogP) is 6.75. The first-order valence-electron chi connectivity index (χ1n) is 24.6. The first-order chi connectivity index (χ1) is 35.8. The average Bonchev–Trinajstić information content (AvgIpc) is 4.26. The number of anilines is 1. The Hall–Kier alpha value is -7.10. The highest BCUT2D eigenvalue weighted by atomic mass is 35.5. The molecule has 0 saturated carbocycles. The Morgan fingerprint density at radius 3 is 2.69 bits per heavy atom. The Labute approximate surface area is 435 Å². The Morgan fingerprint density at radius 1 is 1.12 bits per heavy atom. The zero-order valence-corrected chi connectivity index (χ0v) is 42.9. The Morgan fingerprint density at radius 2 is 1.92 bits per heavy atom. The number of piperazine rings is 1. The number of hydrogen-bond acceptors (Lipinski definition) is 16. The number of benzene rings is 4. The summed E-state index contributed by atoms with van der Waals surface area (Å²) in [5.74, 6) is 6.68. The number of carbonyl (C=O) groups is 2. The number of H-pyrrole nitrogens is 1. The number of carbonyl (C=O) groups excluding carboxylic acids is 2. The molecular formula is C53H56ClFN12O6S. The molecule has 0 spiro atoms. The topological polar surface area (TPSA) is 224 Å². The molecule has 7 aromatic rings. The predicted molar refractivity (Wildman–Crippen MR) is 281 cm³/mol. The first kappa shape index (κ1) is 49.1. The van der Waals surface area contributed by atoms with Gasteiger partial charge in [0, 0.05) is 61.5 Å². The fourth-order valence-electron chi connectivity index (χ4n) is 10.8. The number of aromatic amines is 1. The molecule has 5 unspecified atom stereocenters. The highest BCUT2D eigenvalue weighted by Gasteiger charge is 2.49. The maximum Gasteiger partial charge on any atom is 0.319 e. The monoisotopic (exact) mass is 1040 g/mol. The van der Waals surface area contributed by atoms with Gasteiger partial charge in [-0.25, -0.2) is 15.2 Å². The molecule has 21 heteroatoms. The molecule has 2 amide bonds. The smallest absolute Gasteiger partial charge is 0.319 e. The van der Waals surface area contributed by atoms with Crippen LogP contribution < -0.4 is 41.3 Å². The van der Waals surface area contributed by atoms with Crippen molar-refractivity contribution in [2.24, 2.45) is 11.6 Å². The molecule has 4 aliphatic rings. The van der Waals surface area contributed by atoms with Crippen molar-refractivity contribution in [2.45, 2.75) is 83.5 Å². The van der Waals surface area contributed by atoms with E-state index in [1.807, 2.05) is 67.9 Å². The largest absolute Gasteiger partial charge is 0.489 e. The van der Waals surface area contributed by atoms with Gasteiger partial charge in [-0.15, -0.1) is 11.3 Å². The number of amides is 2. The third kappa shape index (κ3) is 9.18. The summed E-state index contributed by atoms with van der Waals surface area (Å²) in [5, 5.41) is 16.4. The summed E-state index contributed by atoms with van der Waals surface area (Å²) in [4.78, 5) is 46.4. The first-order valence-corrected chi connectivity index (χ1v) is 25.9. The van der Waals surface area contributed by atoms with E-state index in [9.17, 15) is 9.59 Å². The highest BCUT2D eigenvalue weighted by Crippen LogP contribution is 2.55. The maximum atomic E-state index is 15.9. The van der Waals surface area contributed by atoms with Crippen molar-refractivity contribution >= 4 is 68.1 Å². The van der Waals surface area contributed by atoms with Gasteiger partial charge < -0.3 is 50.1 Å². The van der Waals surface area contributed by atoms with Gasteiger partial charge in [-0.3, -0.25) is 14.7 Å². The van der Waals surface area contributed by atoms with E-state index >= 15 is 4.39 Å². The Kier molecular flexibility index (Phi) is 13.5. The number of thiazole rings is 1. The highest BCUT2D eigenvalue weighted by molar-refractivity contribution is 7.13. The van der Waals surface area contributed by atoms with Crippen LogP contribution in [0.5, 0.6) is 17.5 Å². The van der Waals surface area contributed by atoms with Crippen LogP contribution >= 0.6 is 22.9 Å². The minimum absolute atomic E-state index is 0.0313. The van der Waals surface area contributed by atoms with Crippen molar-refractivity contribution in [3.05, 3.63) is 111 Å². The molecule has 3 aromatic heterocycles. The molecule has 11 rings (SSSR count). The quantitative estimate of drug-likeness (QED) is 0.0499. The lowest BCUT2D eigenvalue weighted by molar-refractivity contribution is -0.139. The van der Waals surface area contributed by atoms with Crippen molar-refractivity contribution in [3.63, 3.8) is 0 Å². The van der Waals surface area contributed by atoms with Gasteiger partial charge in [0.05, 0.1) is 56.5 Å². The third-order valence-corrected chi connectivity index (χ3v) is 15.8. The van der Waals surface area contributed by atoms with Crippen molar-refractivity contribution in [3.8, 4) is 39.1 Å². The zero-order valence-electron chi connectivity index (χ0n) is 41.3. The second kappa shape index (κ2) is 20.3. The van der Waals surface area contributed by atoms with E-state index in [0.29, 0.717) is 100 Å². The molecule has 3 fully saturated rings. The van der Waals surface area contributed by atoms with Gasteiger partial charge in [-0.2, -0.15) is 15.1 Å². The number of aromatic nitrogens is 5. The SMILES string of the molecule is COCC(C)Oc1nc2c3c(c(Cl)c(-c4c(C)c(F)cc5[nH]ncc45)c(OCc4ccc(/C(N)=C/N(N)CC(=O)N5CCCC5C(=O)NCc5ccc(-c6scnc6C)cc5)cc4)c3n1)OCC1C3CC(CN3)N21. The summed E-state index contributed by atoms with van der Waals surface area (Å²) in [7, 11) is 1.60. The van der Waals surface area contributed by atoms with E-state index in [0.717, 1.165) is 40.2 Å². The number of hydrazine groups is 1. The standard InChI is InChI=1S/C53H56ClFN12O6S/c1-27(23-70-4)73-53-62-47-45-48(72-25-41-39-16-34(19-58-39)67(41)51(45)63-53)46(54)44(43-28(2)36(55)17-38-35(43)20-61-64-38)49(47)71-24-31-9-11-32(12-10-31)37(56)21-65(57)22-42(68)66-15-5-6-40(66)52(69)59-18-30-7-13-33(14-8-30)50-29(3)60-26-74-50/h7-14,17,20-21,26-27,34,39-41,58H,5-6,15-16,18-19,22-25,56-57H2,1-4H3,(H,59,69)(H,61,64)/b37-21-. The Bertz CT molecular complexity index is 3320. The van der Waals surface area contributed by atoms with E-state index in [2.05, 4.69) is 30.7 Å². The molecule has 4 aliphatic heterocycles. The van der Waals surface area contributed by atoms with Crippen LogP contribution in [0.25, 0.3) is 49.1 Å². The lowest BCUT2D eigenvalue weighted by atomic mass is 9.93. The van der Waals surface area contributed by atoms with Crippen LogP contribution in [0.1, 0.15) is 54.1 Å². The molecule has 0 radical (unpaired) electrons. The Balaban J connectivity index is 0.834. The van der Waals surface area contributed by atoms with Crippen molar-refractivity contribution in [2.75, 3.05) is 44.9 Å². The summed E-state index contributed by atoms with van der Waals surface area (Å²) < 4.78 is 41.3. The minimum atomic E-state index is -0.604. The van der Waals surface area contributed by atoms with Gasteiger partial charge >= 0.3 is 6.01 Å². The third-order valence-electron chi connectivity index (χ3n) is 14.5. The number of nitrogens with one attached hydrogen (secondary N) is 3. The van der Waals surface area contributed by atoms with Crippen LogP contribution in [0.4, 0.5) is 10.2 Å². The number of halogens is 2. The van der Waals surface area contributed by atoms with E-state index in [4.69, 9.17) is 52.1 Å². The molecule has 7 heterocycles. The van der Waals surface area contributed by atoms with Crippen LogP contribution in [-0.4, -0.2) is 117 Å². The number of hydrogen-bond donors (Lipinski definition) is 5.